The molecule has 10 heteroatoms. The Hall–Kier alpha value is 0.220. The normalized spacial score (nSPS) is 45.6. The Morgan fingerprint density at radius 1 is 1.36 bits per heavy atom. The van der Waals surface area contributed by atoms with Crippen molar-refractivity contribution in [3.05, 3.63) is 0 Å². The SMILES string of the molecule is O=P1(O)OCOP(=O)(OO)O1. The maximum absolute atomic E-state index is 10.7. The Balaban J connectivity index is 2.75. The molecule has 1 heterocycles. The zero-order chi connectivity index (χ0) is 8.54. The quantitative estimate of drug-likeness (QED) is 0.366. The second-order valence-corrected chi connectivity index (χ2v) is 4.62. The number of hydrogen-bond acceptors (Lipinski definition) is 7. The van der Waals surface area contributed by atoms with E-state index in [0.29, 0.717) is 0 Å². The first-order valence-electron chi connectivity index (χ1n) is 2.24. The van der Waals surface area contributed by atoms with Gasteiger partial charge in [-0.15, -0.1) is 4.67 Å². The molecule has 0 spiro atoms. The van der Waals surface area contributed by atoms with Gasteiger partial charge in [0.25, 0.3) is 0 Å². The minimum atomic E-state index is -4.40. The Bertz CT molecular complexity index is 232. The fourth-order valence-corrected chi connectivity index (χ4v) is 2.37. The molecule has 0 saturated carbocycles. The van der Waals surface area contributed by atoms with Gasteiger partial charge >= 0.3 is 15.6 Å². The van der Waals surface area contributed by atoms with Gasteiger partial charge in [0.1, 0.15) is 0 Å². The smallest absolute Gasteiger partial charge is 0.302 e. The number of phosphoric ester groups is 1. The van der Waals surface area contributed by atoms with E-state index < -0.39 is 22.4 Å². The minimum absolute atomic E-state index is 0.744. The van der Waals surface area contributed by atoms with E-state index in [1.165, 1.54) is 0 Å². The predicted octanol–water partition coefficient (Wildman–Crippen LogP) is 0.705. The molecule has 0 aromatic rings. The highest BCUT2D eigenvalue weighted by Gasteiger charge is 2.43. The first-order valence-corrected chi connectivity index (χ1v) is 5.19. The van der Waals surface area contributed by atoms with Crippen molar-refractivity contribution in [2.75, 3.05) is 6.79 Å². The van der Waals surface area contributed by atoms with Crippen LogP contribution in [0.5, 0.6) is 0 Å². The minimum Gasteiger partial charge on any atom is -0.302 e. The third-order valence-electron chi connectivity index (χ3n) is 0.730. The molecule has 1 aliphatic rings. The summed E-state index contributed by atoms with van der Waals surface area (Å²) in [7, 11) is -8.70. The monoisotopic (exact) mass is 206 g/mol. The zero-order valence-corrected chi connectivity index (χ0v) is 6.73. The molecule has 1 aliphatic heterocycles. The molecule has 1 rings (SSSR count). The molecular weight excluding hydrogens is 202 g/mol. The lowest BCUT2D eigenvalue weighted by Crippen LogP contribution is -2.08. The van der Waals surface area contributed by atoms with Gasteiger partial charge in [-0.3, -0.25) is 9.05 Å². The van der Waals surface area contributed by atoms with Crippen LogP contribution in [0.4, 0.5) is 0 Å². The summed E-state index contributed by atoms with van der Waals surface area (Å²) in [5, 5.41) is 7.88. The highest BCUT2D eigenvalue weighted by Crippen LogP contribution is 2.66. The van der Waals surface area contributed by atoms with E-state index in [4.69, 9.17) is 10.2 Å². The van der Waals surface area contributed by atoms with Gasteiger partial charge in [0.2, 0.25) is 0 Å². The van der Waals surface area contributed by atoms with Crippen molar-refractivity contribution in [3.63, 3.8) is 0 Å². The summed E-state index contributed by atoms with van der Waals surface area (Å²) in [5.41, 5.74) is 0. The van der Waals surface area contributed by atoms with Crippen LogP contribution in [0.3, 0.4) is 0 Å². The third-order valence-corrected chi connectivity index (χ3v) is 3.41. The average Bonchev–Trinajstić information content (AvgIpc) is 1.85. The Kier molecular flexibility index (Phi) is 2.48. The second kappa shape index (κ2) is 2.93. The van der Waals surface area contributed by atoms with E-state index >= 15 is 0 Å². The van der Waals surface area contributed by atoms with Gasteiger partial charge in [0, 0.05) is 0 Å². The van der Waals surface area contributed by atoms with E-state index in [9.17, 15) is 9.13 Å². The van der Waals surface area contributed by atoms with Gasteiger partial charge in [-0.05, 0) is 0 Å². The molecule has 0 aromatic carbocycles. The van der Waals surface area contributed by atoms with E-state index in [2.05, 4.69) is 18.0 Å². The molecular formula is CH4O8P2. The van der Waals surface area contributed by atoms with Crippen LogP contribution in [0.25, 0.3) is 0 Å². The van der Waals surface area contributed by atoms with E-state index in [1.807, 2.05) is 0 Å². The Morgan fingerprint density at radius 3 is 2.36 bits per heavy atom. The van der Waals surface area contributed by atoms with Crippen LogP contribution < -0.4 is 0 Å². The Labute approximate surface area is 60.8 Å². The molecule has 0 aliphatic carbocycles. The average molecular weight is 206 g/mol. The van der Waals surface area contributed by atoms with Crippen LogP contribution in [0.2, 0.25) is 0 Å². The van der Waals surface area contributed by atoms with Gasteiger partial charge in [0.05, 0.1) is 0 Å². The molecule has 0 bridgehead atoms. The van der Waals surface area contributed by atoms with Crippen molar-refractivity contribution in [1.82, 2.24) is 0 Å². The lowest BCUT2D eigenvalue weighted by atomic mass is 11.6. The predicted molar refractivity (Wildman–Crippen MR) is 29.3 cm³/mol. The van der Waals surface area contributed by atoms with Crippen LogP contribution in [0.15, 0.2) is 0 Å². The van der Waals surface area contributed by atoms with Gasteiger partial charge in [-0.1, -0.05) is 0 Å². The second-order valence-electron chi connectivity index (χ2n) is 1.46. The summed E-state index contributed by atoms with van der Waals surface area (Å²) < 4.78 is 36.2. The fraction of sp³-hybridized carbons (Fsp3) is 1.00. The van der Waals surface area contributed by atoms with Crippen LogP contribution in [-0.2, 0) is 27.2 Å². The fourth-order valence-electron chi connectivity index (χ4n) is 0.367. The largest absolute Gasteiger partial charge is 0.512 e. The molecule has 0 radical (unpaired) electrons. The highest BCUT2D eigenvalue weighted by atomic mass is 31.3. The first-order chi connectivity index (χ1) is 4.97. The topological polar surface area (TPSA) is 112 Å². The first kappa shape index (κ1) is 9.31. The molecule has 66 valence electrons. The maximum Gasteiger partial charge on any atom is 0.512 e. The summed E-state index contributed by atoms with van der Waals surface area (Å²) in [5.74, 6) is 0. The summed E-state index contributed by atoms with van der Waals surface area (Å²) >= 11 is 0. The third kappa shape index (κ3) is 2.33. The van der Waals surface area contributed by atoms with Gasteiger partial charge < -0.3 is 4.89 Å². The van der Waals surface area contributed by atoms with Crippen molar-refractivity contribution in [1.29, 1.82) is 0 Å². The molecule has 11 heavy (non-hydrogen) atoms. The molecule has 8 nitrogen and oxygen atoms in total. The van der Waals surface area contributed by atoms with Crippen molar-refractivity contribution >= 4 is 15.6 Å². The van der Waals surface area contributed by atoms with Crippen LogP contribution in [-0.4, -0.2) is 16.9 Å². The summed E-state index contributed by atoms with van der Waals surface area (Å²) in [6.07, 6.45) is 0. The number of phosphoric acid groups is 2. The Morgan fingerprint density at radius 2 is 2.00 bits per heavy atom. The molecule has 2 unspecified atom stereocenters. The van der Waals surface area contributed by atoms with Crippen molar-refractivity contribution in [3.8, 4) is 0 Å². The number of rotatable bonds is 1. The van der Waals surface area contributed by atoms with Crippen LogP contribution in [0, 0.1) is 0 Å². The summed E-state index contributed by atoms with van der Waals surface area (Å²) in [4.78, 5) is 8.51. The molecule has 1 saturated heterocycles. The van der Waals surface area contributed by atoms with Crippen LogP contribution in [0.1, 0.15) is 0 Å². The molecule has 0 amide bonds. The van der Waals surface area contributed by atoms with E-state index in [-0.39, 0.29) is 0 Å². The molecule has 1 fully saturated rings. The molecule has 2 N–H and O–H groups in total. The van der Waals surface area contributed by atoms with Crippen LogP contribution >= 0.6 is 15.6 Å². The summed E-state index contributed by atoms with van der Waals surface area (Å²) in [6, 6.07) is 0. The van der Waals surface area contributed by atoms with Gasteiger partial charge in [-0.25, -0.2) is 14.4 Å². The standard InChI is InChI=1S/CH4O8P2/c2-8-11(5)7-1-6-10(3,4)9-11/h2H,1H2,(H,3,4). The van der Waals surface area contributed by atoms with Gasteiger partial charge in [0.15, 0.2) is 6.79 Å². The summed E-state index contributed by atoms with van der Waals surface area (Å²) in [6.45, 7) is -0.744. The van der Waals surface area contributed by atoms with E-state index in [1.54, 1.807) is 0 Å². The van der Waals surface area contributed by atoms with E-state index in [0.717, 1.165) is 0 Å². The zero-order valence-electron chi connectivity index (χ0n) is 4.95. The van der Waals surface area contributed by atoms with Crippen molar-refractivity contribution in [2.45, 2.75) is 0 Å². The number of hydrogen-bond donors (Lipinski definition) is 2. The van der Waals surface area contributed by atoms with Crippen molar-refractivity contribution < 1.29 is 37.3 Å². The molecule has 2 atom stereocenters. The maximum atomic E-state index is 10.7. The lowest BCUT2D eigenvalue weighted by molar-refractivity contribution is -0.171. The van der Waals surface area contributed by atoms with Crippen molar-refractivity contribution in [2.24, 2.45) is 0 Å². The molecule has 0 aromatic heterocycles. The highest BCUT2D eigenvalue weighted by molar-refractivity contribution is 7.62. The lowest BCUT2D eigenvalue weighted by Gasteiger charge is -2.21. The van der Waals surface area contributed by atoms with Gasteiger partial charge in [-0.2, -0.15) is 4.31 Å².